The topological polar surface area (TPSA) is 51.2 Å². The molecular weight excluding hydrogens is 236 g/mol. The quantitative estimate of drug-likeness (QED) is 0.643. The van der Waals surface area contributed by atoms with Crippen LogP contribution in [0, 0.1) is 12.3 Å². The van der Waals surface area contributed by atoms with Crippen molar-refractivity contribution in [2.75, 3.05) is 0 Å². The normalized spacial score (nSPS) is 13.9. The van der Waals surface area contributed by atoms with Crippen LogP contribution >= 0.6 is 0 Å². The number of rotatable bonds is 4. The van der Waals surface area contributed by atoms with Crippen molar-refractivity contribution < 1.29 is 4.42 Å². The molecule has 0 aliphatic carbocycles. The summed E-state index contributed by atoms with van der Waals surface area (Å²) in [7, 11) is 0. The number of furan rings is 1. The third-order valence-electron chi connectivity index (χ3n) is 3.49. The Balaban J connectivity index is 2.23. The molecule has 0 radical (unpaired) electrons. The second-order valence-electron chi connectivity index (χ2n) is 6.46. The average Bonchev–Trinajstić information content (AvgIpc) is 2.73. The number of para-hydroxylation sites is 1. The van der Waals surface area contributed by atoms with Gasteiger partial charge in [0.2, 0.25) is 0 Å². The van der Waals surface area contributed by atoms with Gasteiger partial charge in [-0.3, -0.25) is 5.84 Å². The molecule has 19 heavy (non-hydrogen) atoms. The fourth-order valence-electron chi connectivity index (χ4n) is 2.29. The summed E-state index contributed by atoms with van der Waals surface area (Å²) in [6.07, 6.45) is 2.07. The predicted molar refractivity (Wildman–Crippen MR) is 79.7 cm³/mol. The van der Waals surface area contributed by atoms with Gasteiger partial charge in [0.05, 0.1) is 6.04 Å². The first kappa shape index (κ1) is 14.1. The fourth-order valence-corrected chi connectivity index (χ4v) is 2.29. The van der Waals surface area contributed by atoms with Gasteiger partial charge in [-0.05, 0) is 36.8 Å². The molecule has 2 rings (SSSR count). The number of hydrogen-bond donors (Lipinski definition) is 2. The second kappa shape index (κ2) is 5.35. The summed E-state index contributed by atoms with van der Waals surface area (Å²) in [4.78, 5) is 0. The lowest BCUT2D eigenvalue weighted by molar-refractivity contribution is 0.315. The number of aryl methyl sites for hydroxylation is 1. The Hall–Kier alpha value is -1.32. The van der Waals surface area contributed by atoms with Crippen LogP contribution < -0.4 is 11.3 Å². The van der Waals surface area contributed by atoms with Crippen LogP contribution in [0.25, 0.3) is 11.0 Å². The lowest BCUT2D eigenvalue weighted by atomic mass is 9.88. The van der Waals surface area contributed by atoms with Crippen LogP contribution in [-0.4, -0.2) is 0 Å². The van der Waals surface area contributed by atoms with E-state index >= 15 is 0 Å². The summed E-state index contributed by atoms with van der Waals surface area (Å²) >= 11 is 0. The van der Waals surface area contributed by atoms with Crippen molar-refractivity contribution in [3.8, 4) is 0 Å². The minimum Gasteiger partial charge on any atom is -0.459 e. The van der Waals surface area contributed by atoms with E-state index in [0.717, 1.165) is 35.1 Å². The van der Waals surface area contributed by atoms with Gasteiger partial charge in [-0.15, -0.1) is 0 Å². The Morgan fingerprint density at radius 2 is 2.05 bits per heavy atom. The van der Waals surface area contributed by atoms with Gasteiger partial charge >= 0.3 is 0 Å². The van der Waals surface area contributed by atoms with Crippen LogP contribution in [0.15, 0.2) is 28.7 Å². The van der Waals surface area contributed by atoms with Gasteiger partial charge in [0.15, 0.2) is 0 Å². The van der Waals surface area contributed by atoms with E-state index in [1.807, 2.05) is 0 Å². The van der Waals surface area contributed by atoms with Gasteiger partial charge in [-0.25, -0.2) is 5.43 Å². The van der Waals surface area contributed by atoms with E-state index in [1.54, 1.807) is 0 Å². The maximum Gasteiger partial charge on any atom is 0.137 e. The monoisotopic (exact) mass is 260 g/mol. The Kier molecular flexibility index (Phi) is 3.97. The molecule has 0 fully saturated rings. The smallest absolute Gasteiger partial charge is 0.137 e. The maximum absolute atomic E-state index is 5.97. The summed E-state index contributed by atoms with van der Waals surface area (Å²) in [5.74, 6) is 6.61. The van der Waals surface area contributed by atoms with Crippen molar-refractivity contribution in [3.05, 3.63) is 35.6 Å². The van der Waals surface area contributed by atoms with Crippen LogP contribution in [0.2, 0.25) is 0 Å². The highest BCUT2D eigenvalue weighted by Crippen LogP contribution is 2.31. The third kappa shape index (κ3) is 3.37. The largest absolute Gasteiger partial charge is 0.459 e. The number of nitrogens with one attached hydrogen (secondary N) is 1. The highest BCUT2D eigenvalue weighted by molar-refractivity contribution is 5.80. The molecule has 1 heterocycles. The zero-order valence-electron chi connectivity index (χ0n) is 12.3. The van der Waals surface area contributed by atoms with Crippen LogP contribution in [0.4, 0.5) is 0 Å². The Labute approximate surface area is 115 Å². The molecule has 0 aliphatic heterocycles. The molecule has 1 aromatic heterocycles. The molecule has 3 N–H and O–H groups in total. The van der Waals surface area contributed by atoms with Crippen LogP contribution in [-0.2, 0) is 0 Å². The van der Waals surface area contributed by atoms with Crippen LogP contribution in [0.3, 0.4) is 0 Å². The zero-order chi connectivity index (χ0) is 14.0. The first-order chi connectivity index (χ1) is 8.90. The summed E-state index contributed by atoms with van der Waals surface area (Å²) in [5.41, 5.74) is 5.31. The first-order valence-electron chi connectivity index (χ1n) is 6.86. The van der Waals surface area contributed by atoms with E-state index in [4.69, 9.17) is 10.3 Å². The van der Waals surface area contributed by atoms with Crippen molar-refractivity contribution in [2.24, 2.45) is 11.3 Å². The molecule has 0 bridgehead atoms. The van der Waals surface area contributed by atoms with Gasteiger partial charge in [0.1, 0.15) is 11.3 Å². The molecule has 3 heteroatoms. The molecule has 0 amide bonds. The summed E-state index contributed by atoms with van der Waals surface area (Å²) < 4.78 is 5.97. The molecule has 1 unspecified atom stereocenters. The van der Waals surface area contributed by atoms with Crippen molar-refractivity contribution in [2.45, 2.75) is 46.6 Å². The molecule has 0 saturated heterocycles. The summed E-state index contributed by atoms with van der Waals surface area (Å²) in [5, 5.41) is 1.14. The molecule has 0 spiro atoms. The standard InChI is InChI=1S/C16H24N2O/c1-11-6-5-7-12-10-14(19-15(11)12)13(18-17)8-9-16(2,3)4/h5-7,10,13,18H,8-9,17H2,1-4H3. The van der Waals surface area contributed by atoms with Gasteiger partial charge in [-0.2, -0.15) is 0 Å². The minimum absolute atomic E-state index is 0.0750. The van der Waals surface area contributed by atoms with E-state index in [2.05, 4.69) is 57.4 Å². The minimum atomic E-state index is 0.0750. The van der Waals surface area contributed by atoms with Gasteiger partial charge in [0.25, 0.3) is 0 Å². The highest BCUT2D eigenvalue weighted by Gasteiger charge is 2.19. The van der Waals surface area contributed by atoms with E-state index in [9.17, 15) is 0 Å². The van der Waals surface area contributed by atoms with E-state index in [-0.39, 0.29) is 6.04 Å². The lowest BCUT2D eigenvalue weighted by Crippen LogP contribution is -2.28. The number of hydrazine groups is 1. The van der Waals surface area contributed by atoms with E-state index < -0.39 is 0 Å². The average molecular weight is 260 g/mol. The molecule has 104 valence electrons. The Bertz CT molecular complexity index is 551. The second-order valence-corrected chi connectivity index (χ2v) is 6.46. The lowest BCUT2D eigenvalue weighted by Gasteiger charge is -2.21. The molecule has 0 saturated carbocycles. The molecule has 2 aromatic rings. The Morgan fingerprint density at radius 1 is 1.32 bits per heavy atom. The summed E-state index contributed by atoms with van der Waals surface area (Å²) in [6.45, 7) is 8.78. The molecule has 1 aromatic carbocycles. The van der Waals surface area contributed by atoms with Crippen molar-refractivity contribution >= 4 is 11.0 Å². The van der Waals surface area contributed by atoms with Crippen LogP contribution in [0.5, 0.6) is 0 Å². The number of fused-ring (bicyclic) bond motifs is 1. The highest BCUT2D eigenvalue weighted by atomic mass is 16.3. The van der Waals surface area contributed by atoms with Crippen molar-refractivity contribution in [3.63, 3.8) is 0 Å². The molecule has 1 atom stereocenters. The van der Waals surface area contributed by atoms with Gasteiger partial charge in [-0.1, -0.05) is 39.0 Å². The number of nitrogens with two attached hydrogens (primary N) is 1. The fraction of sp³-hybridized carbons (Fsp3) is 0.500. The first-order valence-corrected chi connectivity index (χ1v) is 6.86. The third-order valence-corrected chi connectivity index (χ3v) is 3.49. The number of hydrogen-bond acceptors (Lipinski definition) is 3. The maximum atomic E-state index is 5.97. The Morgan fingerprint density at radius 3 is 2.63 bits per heavy atom. The number of benzene rings is 1. The SMILES string of the molecule is Cc1cccc2cc(C(CCC(C)(C)C)NN)oc12. The van der Waals surface area contributed by atoms with Gasteiger partial charge in [0, 0.05) is 5.39 Å². The molecule has 3 nitrogen and oxygen atoms in total. The van der Waals surface area contributed by atoms with Crippen molar-refractivity contribution in [1.29, 1.82) is 0 Å². The van der Waals surface area contributed by atoms with Crippen LogP contribution in [0.1, 0.15) is 51.0 Å². The van der Waals surface area contributed by atoms with E-state index in [0.29, 0.717) is 5.41 Å². The molecule has 0 aliphatic rings. The predicted octanol–water partition coefficient (Wildman–Crippen LogP) is 4.07. The molecular formula is C16H24N2O. The van der Waals surface area contributed by atoms with Gasteiger partial charge < -0.3 is 4.42 Å². The van der Waals surface area contributed by atoms with E-state index in [1.165, 1.54) is 0 Å². The van der Waals surface area contributed by atoms with Crippen molar-refractivity contribution in [1.82, 2.24) is 5.43 Å². The zero-order valence-corrected chi connectivity index (χ0v) is 12.3. The summed E-state index contributed by atoms with van der Waals surface area (Å²) in [6, 6.07) is 8.36.